The van der Waals surface area contributed by atoms with E-state index in [1.807, 2.05) is 0 Å². The van der Waals surface area contributed by atoms with Crippen LogP contribution in [0.5, 0.6) is 0 Å². The first kappa shape index (κ1) is 23.6. The summed E-state index contributed by atoms with van der Waals surface area (Å²) < 4.78 is 53.0. The summed E-state index contributed by atoms with van der Waals surface area (Å²) in [7, 11) is 0. The zero-order valence-electron chi connectivity index (χ0n) is 17.4. The SMILES string of the molecule is CC(C(C(=O)NCc1cc(C(F)(F)F)ccc1F)c1ccccc1)C1CCCN1C(=O)O. The second-order valence-corrected chi connectivity index (χ2v) is 7.95. The van der Waals surface area contributed by atoms with Gasteiger partial charge >= 0.3 is 12.3 Å². The fourth-order valence-electron chi connectivity index (χ4n) is 4.33. The highest BCUT2D eigenvalue weighted by molar-refractivity contribution is 5.84. The molecule has 2 N–H and O–H groups in total. The van der Waals surface area contributed by atoms with E-state index in [0.717, 1.165) is 6.07 Å². The molecule has 0 aliphatic carbocycles. The summed E-state index contributed by atoms with van der Waals surface area (Å²) in [6.07, 6.45) is -4.40. The average Bonchev–Trinajstić information content (AvgIpc) is 3.23. The van der Waals surface area contributed by atoms with E-state index in [1.54, 1.807) is 37.3 Å². The number of halogens is 4. The molecule has 1 heterocycles. The maximum atomic E-state index is 14.1. The summed E-state index contributed by atoms with van der Waals surface area (Å²) in [5.41, 5.74) is -0.626. The summed E-state index contributed by atoms with van der Waals surface area (Å²) >= 11 is 0. The van der Waals surface area contributed by atoms with Crippen LogP contribution < -0.4 is 5.32 Å². The number of alkyl halides is 3. The van der Waals surface area contributed by atoms with Crippen LogP contribution in [0.1, 0.15) is 42.4 Å². The lowest BCUT2D eigenvalue weighted by atomic mass is 9.81. The van der Waals surface area contributed by atoms with Gasteiger partial charge in [-0.2, -0.15) is 13.2 Å². The van der Waals surface area contributed by atoms with Crippen LogP contribution in [-0.2, 0) is 17.5 Å². The Morgan fingerprint density at radius 2 is 1.88 bits per heavy atom. The third-order valence-corrected chi connectivity index (χ3v) is 5.94. The van der Waals surface area contributed by atoms with Gasteiger partial charge in [-0.25, -0.2) is 9.18 Å². The Bertz CT molecular complexity index is 965. The van der Waals surface area contributed by atoms with Crippen molar-refractivity contribution in [3.63, 3.8) is 0 Å². The number of amides is 2. The van der Waals surface area contributed by atoms with Crippen LogP contribution in [0.2, 0.25) is 0 Å². The molecule has 32 heavy (non-hydrogen) atoms. The third-order valence-electron chi connectivity index (χ3n) is 5.94. The molecule has 1 aliphatic heterocycles. The highest BCUT2D eigenvalue weighted by atomic mass is 19.4. The second kappa shape index (κ2) is 9.58. The van der Waals surface area contributed by atoms with Crippen LogP contribution in [0.15, 0.2) is 48.5 Å². The van der Waals surface area contributed by atoms with Gasteiger partial charge < -0.3 is 15.3 Å². The molecule has 3 rings (SSSR count). The first-order valence-electron chi connectivity index (χ1n) is 10.3. The largest absolute Gasteiger partial charge is 0.465 e. The topological polar surface area (TPSA) is 69.6 Å². The molecular formula is C23H24F4N2O3. The number of hydrogen-bond donors (Lipinski definition) is 2. The van der Waals surface area contributed by atoms with Crippen molar-refractivity contribution in [2.24, 2.45) is 5.92 Å². The molecule has 0 radical (unpaired) electrons. The van der Waals surface area contributed by atoms with Crippen LogP contribution >= 0.6 is 0 Å². The number of nitrogens with one attached hydrogen (secondary N) is 1. The third kappa shape index (κ3) is 5.20. The molecule has 5 nitrogen and oxygen atoms in total. The molecule has 2 amide bonds. The molecule has 3 atom stereocenters. The summed E-state index contributed by atoms with van der Waals surface area (Å²) in [4.78, 5) is 26.1. The Morgan fingerprint density at radius 3 is 2.50 bits per heavy atom. The number of nitrogens with zero attached hydrogens (tertiary/aromatic N) is 1. The smallest absolute Gasteiger partial charge is 0.416 e. The fourth-order valence-corrected chi connectivity index (χ4v) is 4.33. The monoisotopic (exact) mass is 452 g/mol. The lowest BCUT2D eigenvalue weighted by molar-refractivity contribution is -0.137. The maximum Gasteiger partial charge on any atom is 0.416 e. The highest BCUT2D eigenvalue weighted by Gasteiger charge is 2.39. The van der Waals surface area contributed by atoms with Gasteiger partial charge in [0, 0.05) is 24.7 Å². The van der Waals surface area contributed by atoms with Crippen LogP contribution in [0, 0.1) is 11.7 Å². The minimum absolute atomic E-state index is 0.277. The molecule has 1 aliphatic rings. The van der Waals surface area contributed by atoms with E-state index in [9.17, 15) is 32.3 Å². The molecule has 172 valence electrons. The standard InChI is InChI=1S/C23H24F4N2O3/c1-14(19-8-5-11-29(19)22(31)32)20(15-6-3-2-4-7-15)21(30)28-13-16-12-17(23(25,26)27)9-10-18(16)24/h2-4,6-7,9-10,12,14,19-20H,5,8,11,13H2,1H3,(H,28,30)(H,31,32). The van der Waals surface area contributed by atoms with Gasteiger partial charge in [0.2, 0.25) is 5.91 Å². The van der Waals surface area contributed by atoms with Crippen molar-refractivity contribution >= 4 is 12.0 Å². The lowest BCUT2D eigenvalue weighted by Gasteiger charge is -2.32. The van der Waals surface area contributed by atoms with Crippen molar-refractivity contribution in [3.8, 4) is 0 Å². The van der Waals surface area contributed by atoms with Gasteiger partial charge in [0.25, 0.3) is 0 Å². The van der Waals surface area contributed by atoms with Gasteiger partial charge in [0.15, 0.2) is 0 Å². The van der Waals surface area contributed by atoms with Crippen LogP contribution in [0.25, 0.3) is 0 Å². The van der Waals surface area contributed by atoms with Crippen molar-refractivity contribution in [1.29, 1.82) is 0 Å². The summed E-state index contributed by atoms with van der Waals surface area (Å²) in [5, 5.41) is 12.0. The second-order valence-electron chi connectivity index (χ2n) is 7.95. The molecular weight excluding hydrogens is 428 g/mol. The van der Waals surface area contributed by atoms with Gasteiger partial charge in [0.05, 0.1) is 11.5 Å². The van der Waals surface area contributed by atoms with Crippen molar-refractivity contribution in [2.45, 2.75) is 44.4 Å². The number of carboxylic acid groups (broad SMARTS) is 1. The van der Waals surface area contributed by atoms with E-state index < -0.39 is 47.9 Å². The summed E-state index contributed by atoms with van der Waals surface area (Å²) in [6.45, 7) is 1.74. The molecule has 0 spiro atoms. The first-order valence-corrected chi connectivity index (χ1v) is 10.3. The van der Waals surface area contributed by atoms with Crippen molar-refractivity contribution in [1.82, 2.24) is 10.2 Å². The first-order chi connectivity index (χ1) is 15.1. The average molecular weight is 452 g/mol. The zero-order chi connectivity index (χ0) is 23.5. The Kier molecular flexibility index (Phi) is 7.06. The molecule has 1 saturated heterocycles. The number of carbonyl (C=O) groups excluding carboxylic acids is 1. The van der Waals surface area contributed by atoms with Crippen LogP contribution in [-0.4, -0.2) is 34.6 Å². The number of hydrogen-bond acceptors (Lipinski definition) is 2. The minimum Gasteiger partial charge on any atom is -0.465 e. The Labute approximate surface area is 183 Å². The van der Waals surface area contributed by atoms with Crippen molar-refractivity contribution in [2.75, 3.05) is 6.54 Å². The molecule has 9 heteroatoms. The number of likely N-dealkylation sites (tertiary alicyclic amines) is 1. The number of rotatable bonds is 6. The van der Waals surface area contributed by atoms with E-state index in [1.165, 1.54) is 4.90 Å². The van der Waals surface area contributed by atoms with Gasteiger partial charge in [0.1, 0.15) is 5.82 Å². The van der Waals surface area contributed by atoms with Crippen molar-refractivity contribution < 1.29 is 32.3 Å². The fraction of sp³-hybridized carbons (Fsp3) is 0.391. The Hall–Kier alpha value is -3.10. The van der Waals surface area contributed by atoms with E-state index in [2.05, 4.69) is 5.32 Å². The summed E-state index contributed by atoms with van der Waals surface area (Å²) in [5.74, 6) is -2.51. The Morgan fingerprint density at radius 1 is 1.19 bits per heavy atom. The molecule has 2 aromatic rings. The number of benzene rings is 2. The van der Waals surface area contributed by atoms with E-state index in [-0.39, 0.29) is 11.6 Å². The van der Waals surface area contributed by atoms with Crippen LogP contribution in [0.3, 0.4) is 0 Å². The van der Waals surface area contributed by atoms with E-state index in [0.29, 0.717) is 37.1 Å². The molecule has 0 bridgehead atoms. The zero-order valence-corrected chi connectivity index (χ0v) is 17.4. The van der Waals surface area contributed by atoms with Gasteiger partial charge in [-0.1, -0.05) is 37.3 Å². The quantitative estimate of drug-likeness (QED) is 0.605. The maximum absolute atomic E-state index is 14.1. The van der Waals surface area contributed by atoms with Crippen LogP contribution in [0.4, 0.5) is 22.4 Å². The van der Waals surface area contributed by atoms with E-state index in [4.69, 9.17) is 0 Å². The van der Waals surface area contributed by atoms with E-state index >= 15 is 0 Å². The summed E-state index contributed by atoms with van der Waals surface area (Å²) in [6, 6.07) is 10.4. The lowest BCUT2D eigenvalue weighted by Crippen LogP contribution is -2.43. The van der Waals surface area contributed by atoms with Gasteiger partial charge in [-0.15, -0.1) is 0 Å². The normalized spacial score (nSPS) is 18.3. The predicted octanol–water partition coefficient (Wildman–Crippen LogP) is 5.02. The molecule has 3 unspecified atom stereocenters. The minimum atomic E-state index is -4.63. The van der Waals surface area contributed by atoms with Gasteiger partial charge in [-0.05, 0) is 42.5 Å². The molecule has 2 aromatic carbocycles. The van der Waals surface area contributed by atoms with Crippen molar-refractivity contribution in [3.05, 3.63) is 71.0 Å². The highest BCUT2D eigenvalue weighted by Crippen LogP contribution is 2.35. The molecule has 0 aromatic heterocycles. The Balaban J connectivity index is 1.83. The predicted molar refractivity (Wildman–Crippen MR) is 109 cm³/mol. The molecule has 0 saturated carbocycles. The molecule has 1 fully saturated rings. The van der Waals surface area contributed by atoms with Gasteiger partial charge in [-0.3, -0.25) is 4.79 Å². The number of carbonyl (C=O) groups is 2.